The van der Waals surface area contributed by atoms with E-state index in [1.807, 2.05) is 13.8 Å². The molecule has 0 N–H and O–H groups in total. The first-order valence-electron chi connectivity index (χ1n) is 8.30. The Hall–Kier alpha value is -0.450. The molecule has 126 valence electrons. The highest BCUT2D eigenvalue weighted by Gasteiger charge is 2.05. The third-order valence-electron chi connectivity index (χ3n) is 3.17. The second-order valence-corrected chi connectivity index (χ2v) is 6.10. The highest BCUT2D eigenvalue weighted by molar-refractivity contribution is 5.80. The van der Waals surface area contributed by atoms with E-state index in [9.17, 15) is 4.79 Å². The Morgan fingerprint density at radius 2 is 1.24 bits per heavy atom. The Morgan fingerprint density at radius 1 is 0.762 bits per heavy atom. The summed E-state index contributed by atoms with van der Waals surface area (Å²) in [4.78, 5) is 11.4. The summed E-state index contributed by atoms with van der Waals surface area (Å²) in [6.07, 6.45) is 3.75. The molecule has 0 spiro atoms. The molecule has 0 atom stereocenters. The summed E-state index contributed by atoms with van der Waals surface area (Å²) >= 11 is 0. The van der Waals surface area contributed by atoms with Crippen LogP contribution in [0.3, 0.4) is 0 Å². The number of ketones is 1. The Balaban J connectivity index is 3.08. The molecule has 0 aromatic rings. The zero-order chi connectivity index (χ0) is 15.9. The van der Waals surface area contributed by atoms with E-state index < -0.39 is 0 Å². The lowest BCUT2D eigenvalue weighted by Crippen LogP contribution is -2.11. The van der Waals surface area contributed by atoms with Gasteiger partial charge in [0.25, 0.3) is 0 Å². The van der Waals surface area contributed by atoms with Crippen molar-refractivity contribution in [2.75, 3.05) is 39.6 Å². The number of carbonyl (C=O) groups excluding carboxylic acids is 1. The smallest absolute Gasteiger partial charge is 0.135 e. The fourth-order valence-electron chi connectivity index (χ4n) is 1.77. The number of hydrogen-bond acceptors (Lipinski definition) is 4. The monoisotopic (exact) mass is 302 g/mol. The topological polar surface area (TPSA) is 44.8 Å². The van der Waals surface area contributed by atoms with Crippen LogP contribution >= 0.6 is 0 Å². The van der Waals surface area contributed by atoms with Crippen LogP contribution in [0.2, 0.25) is 0 Å². The van der Waals surface area contributed by atoms with Crippen molar-refractivity contribution in [3.63, 3.8) is 0 Å². The first kappa shape index (κ1) is 20.6. The molecule has 21 heavy (non-hydrogen) atoms. The molecule has 0 heterocycles. The number of hydrogen-bond donors (Lipinski definition) is 0. The molecule has 0 aliphatic heterocycles. The number of rotatable bonds is 15. The van der Waals surface area contributed by atoms with Gasteiger partial charge in [-0.15, -0.1) is 0 Å². The van der Waals surface area contributed by atoms with Crippen molar-refractivity contribution >= 4 is 5.78 Å². The van der Waals surface area contributed by atoms with Crippen LogP contribution in [0.25, 0.3) is 0 Å². The van der Waals surface area contributed by atoms with Gasteiger partial charge in [0.1, 0.15) is 5.78 Å². The second kappa shape index (κ2) is 14.5. The van der Waals surface area contributed by atoms with E-state index in [0.29, 0.717) is 45.2 Å². The molecular weight excluding hydrogens is 268 g/mol. The van der Waals surface area contributed by atoms with Crippen LogP contribution in [-0.4, -0.2) is 45.4 Å². The number of carbonyl (C=O) groups is 1. The predicted octanol–water partition coefficient (Wildman–Crippen LogP) is 3.48. The van der Waals surface area contributed by atoms with Gasteiger partial charge in [0.05, 0.1) is 26.4 Å². The van der Waals surface area contributed by atoms with Crippen LogP contribution < -0.4 is 0 Å². The normalized spacial score (nSPS) is 11.5. The van der Waals surface area contributed by atoms with E-state index >= 15 is 0 Å². The molecule has 0 fully saturated rings. The quantitative estimate of drug-likeness (QED) is 0.434. The van der Waals surface area contributed by atoms with Crippen LogP contribution in [0.1, 0.15) is 53.4 Å². The molecule has 0 aromatic carbocycles. The first-order chi connectivity index (χ1) is 10.0. The fraction of sp³-hybridized carbons (Fsp3) is 0.941. The van der Waals surface area contributed by atoms with Crippen molar-refractivity contribution in [2.24, 2.45) is 11.8 Å². The minimum Gasteiger partial charge on any atom is -0.379 e. The van der Waals surface area contributed by atoms with Crippen molar-refractivity contribution in [3.05, 3.63) is 0 Å². The lowest BCUT2D eigenvalue weighted by Gasteiger charge is -2.08. The van der Waals surface area contributed by atoms with Crippen molar-refractivity contribution in [1.82, 2.24) is 0 Å². The van der Waals surface area contributed by atoms with Gasteiger partial charge in [0, 0.05) is 25.6 Å². The molecule has 0 amide bonds. The van der Waals surface area contributed by atoms with Crippen LogP contribution in [-0.2, 0) is 19.0 Å². The number of ether oxygens (including phenoxy) is 3. The van der Waals surface area contributed by atoms with Crippen LogP contribution in [0.5, 0.6) is 0 Å². The average molecular weight is 302 g/mol. The summed E-state index contributed by atoms with van der Waals surface area (Å²) in [7, 11) is 0. The zero-order valence-corrected chi connectivity index (χ0v) is 14.4. The summed E-state index contributed by atoms with van der Waals surface area (Å²) in [5.41, 5.74) is 0. The average Bonchev–Trinajstić information content (AvgIpc) is 2.43. The largest absolute Gasteiger partial charge is 0.379 e. The van der Waals surface area contributed by atoms with Crippen molar-refractivity contribution in [1.29, 1.82) is 0 Å². The zero-order valence-electron chi connectivity index (χ0n) is 14.4. The van der Waals surface area contributed by atoms with E-state index in [4.69, 9.17) is 14.2 Å². The summed E-state index contributed by atoms with van der Waals surface area (Å²) in [5.74, 6) is 1.19. The molecule has 0 aromatic heterocycles. The van der Waals surface area contributed by atoms with Gasteiger partial charge in [-0.25, -0.2) is 0 Å². The van der Waals surface area contributed by atoms with Crippen molar-refractivity contribution in [3.8, 4) is 0 Å². The lowest BCUT2D eigenvalue weighted by molar-refractivity contribution is -0.122. The molecule has 0 rings (SSSR count). The first-order valence-corrected chi connectivity index (χ1v) is 8.30. The van der Waals surface area contributed by atoms with Gasteiger partial charge in [0.15, 0.2) is 0 Å². The van der Waals surface area contributed by atoms with Crippen molar-refractivity contribution < 1.29 is 19.0 Å². The van der Waals surface area contributed by atoms with Crippen LogP contribution in [0.15, 0.2) is 0 Å². The second-order valence-electron chi connectivity index (χ2n) is 6.10. The molecule has 0 bridgehead atoms. The van der Waals surface area contributed by atoms with Gasteiger partial charge in [0.2, 0.25) is 0 Å². The van der Waals surface area contributed by atoms with Crippen LogP contribution in [0, 0.1) is 11.8 Å². The van der Waals surface area contributed by atoms with E-state index in [-0.39, 0.29) is 5.92 Å². The summed E-state index contributed by atoms with van der Waals surface area (Å²) in [6.45, 7) is 12.2. The Labute approximate surface area is 130 Å². The molecule has 0 unspecified atom stereocenters. The summed E-state index contributed by atoms with van der Waals surface area (Å²) < 4.78 is 16.3. The van der Waals surface area contributed by atoms with E-state index in [0.717, 1.165) is 25.4 Å². The molecule has 0 aliphatic carbocycles. The van der Waals surface area contributed by atoms with Gasteiger partial charge in [-0.3, -0.25) is 4.79 Å². The fourth-order valence-corrected chi connectivity index (χ4v) is 1.77. The molecule has 0 saturated heterocycles. The summed E-state index contributed by atoms with van der Waals surface area (Å²) in [5, 5.41) is 0. The molecule has 0 aliphatic rings. The van der Waals surface area contributed by atoms with Gasteiger partial charge in [-0.05, 0) is 25.2 Å². The molecule has 4 nitrogen and oxygen atoms in total. The van der Waals surface area contributed by atoms with Gasteiger partial charge < -0.3 is 14.2 Å². The maximum atomic E-state index is 11.4. The lowest BCUT2D eigenvalue weighted by atomic mass is 10.1. The number of Topliss-reactive ketones (excluding diaryl/α,β-unsaturated/α-hetero) is 1. The van der Waals surface area contributed by atoms with Crippen LogP contribution in [0.4, 0.5) is 0 Å². The predicted molar refractivity (Wildman–Crippen MR) is 85.6 cm³/mol. The maximum Gasteiger partial charge on any atom is 0.135 e. The minimum absolute atomic E-state index is 0.133. The van der Waals surface area contributed by atoms with Gasteiger partial charge >= 0.3 is 0 Å². The SMILES string of the molecule is CC(C)CCCOCCOCCOCCCC(=O)C(C)C. The van der Waals surface area contributed by atoms with Crippen molar-refractivity contribution in [2.45, 2.75) is 53.4 Å². The Kier molecular flexibility index (Phi) is 14.2. The van der Waals surface area contributed by atoms with Gasteiger partial charge in [-0.2, -0.15) is 0 Å². The van der Waals surface area contributed by atoms with Gasteiger partial charge in [-0.1, -0.05) is 27.7 Å². The molecular formula is C17H34O4. The minimum atomic E-state index is 0.133. The third-order valence-corrected chi connectivity index (χ3v) is 3.17. The Morgan fingerprint density at radius 3 is 1.71 bits per heavy atom. The molecule has 4 heteroatoms. The van der Waals surface area contributed by atoms with E-state index in [1.165, 1.54) is 6.42 Å². The van der Waals surface area contributed by atoms with E-state index in [1.54, 1.807) is 0 Å². The molecule has 0 saturated carbocycles. The standard InChI is InChI=1S/C17H34O4/c1-15(2)7-5-9-19-11-13-21-14-12-20-10-6-8-17(18)16(3)4/h15-16H,5-14H2,1-4H3. The highest BCUT2D eigenvalue weighted by atomic mass is 16.5. The van der Waals surface area contributed by atoms with E-state index in [2.05, 4.69) is 13.8 Å². The third kappa shape index (κ3) is 15.8. The highest BCUT2D eigenvalue weighted by Crippen LogP contribution is 2.03. The molecule has 0 radical (unpaired) electrons. The summed E-state index contributed by atoms with van der Waals surface area (Å²) in [6, 6.07) is 0. The maximum absolute atomic E-state index is 11.4. The Bertz CT molecular complexity index is 239.